The topological polar surface area (TPSA) is 30.2 Å². The molecule has 3 unspecified atom stereocenters. The molecule has 0 amide bonds. The second-order valence-electron chi connectivity index (χ2n) is 5.46. The highest BCUT2D eigenvalue weighted by Crippen LogP contribution is 2.35. The lowest BCUT2D eigenvalue weighted by atomic mass is 9.83. The highest BCUT2D eigenvalue weighted by atomic mass is 79.9. The molecule has 1 aliphatic carbocycles. The predicted molar refractivity (Wildman–Crippen MR) is 85.5 cm³/mol. The number of alkyl halides is 1. The molecule has 1 aliphatic rings. The highest BCUT2D eigenvalue weighted by molar-refractivity contribution is 9.09. The monoisotopic (exact) mass is 332 g/mol. The quantitative estimate of drug-likeness (QED) is 0.593. The minimum atomic E-state index is -0.226. The van der Waals surface area contributed by atoms with Gasteiger partial charge in [0.1, 0.15) is 5.76 Å². The first-order valence-electron chi connectivity index (χ1n) is 6.98. The van der Waals surface area contributed by atoms with Gasteiger partial charge in [0.15, 0.2) is 0 Å². The van der Waals surface area contributed by atoms with E-state index in [1.165, 1.54) is 0 Å². The van der Waals surface area contributed by atoms with Gasteiger partial charge in [0.05, 0.1) is 5.39 Å². The summed E-state index contributed by atoms with van der Waals surface area (Å²) in [4.78, 5) is 12.5. The van der Waals surface area contributed by atoms with E-state index >= 15 is 0 Å². The second-order valence-corrected chi connectivity index (χ2v) is 6.91. The van der Waals surface area contributed by atoms with Crippen molar-refractivity contribution >= 4 is 26.7 Å². The lowest BCUT2D eigenvalue weighted by molar-refractivity contribution is 0.382. The molecule has 3 heteroatoms. The van der Waals surface area contributed by atoms with Crippen LogP contribution in [0.2, 0.25) is 0 Å². The van der Waals surface area contributed by atoms with Gasteiger partial charge >= 0.3 is 5.63 Å². The number of rotatable bonds is 2. The van der Waals surface area contributed by atoms with Gasteiger partial charge < -0.3 is 4.42 Å². The van der Waals surface area contributed by atoms with E-state index in [-0.39, 0.29) is 5.63 Å². The highest BCUT2D eigenvalue weighted by Gasteiger charge is 2.24. The summed E-state index contributed by atoms with van der Waals surface area (Å²) in [7, 11) is 0. The normalized spacial score (nSPS) is 23.9. The molecule has 2 nitrogen and oxygen atoms in total. The van der Waals surface area contributed by atoms with Gasteiger partial charge in [0.25, 0.3) is 0 Å². The summed E-state index contributed by atoms with van der Waals surface area (Å²) in [5.74, 6) is 1.60. The predicted octanol–water partition coefficient (Wildman–Crippen LogP) is 4.63. The van der Waals surface area contributed by atoms with E-state index in [0.717, 1.165) is 24.0 Å². The maximum atomic E-state index is 12.1. The Morgan fingerprint density at radius 2 is 2.15 bits per heavy atom. The molecule has 104 valence electrons. The molecule has 0 saturated heterocycles. The van der Waals surface area contributed by atoms with Crippen LogP contribution in [-0.2, 0) is 0 Å². The average molecular weight is 333 g/mol. The Morgan fingerprint density at radius 1 is 1.35 bits per heavy atom. The minimum absolute atomic E-state index is 0.226. The van der Waals surface area contributed by atoms with E-state index in [2.05, 4.69) is 35.0 Å². The van der Waals surface area contributed by atoms with Crippen molar-refractivity contribution in [1.82, 2.24) is 0 Å². The maximum absolute atomic E-state index is 12.1. The molecule has 0 spiro atoms. The first-order chi connectivity index (χ1) is 9.65. The van der Waals surface area contributed by atoms with Gasteiger partial charge in [-0.1, -0.05) is 53.2 Å². The first kappa shape index (κ1) is 13.6. The molecular formula is C17H17BrO2. The molecular weight excluding hydrogens is 316 g/mol. The Labute approximate surface area is 126 Å². The minimum Gasteiger partial charge on any atom is -0.427 e. The number of hydrogen-bond acceptors (Lipinski definition) is 2. The Balaban J connectivity index is 1.99. The summed E-state index contributed by atoms with van der Waals surface area (Å²) >= 11 is 3.65. The van der Waals surface area contributed by atoms with E-state index in [4.69, 9.17) is 4.42 Å². The van der Waals surface area contributed by atoms with Gasteiger partial charge in [-0.15, -0.1) is 0 Å². The largest absolute Gasteiger partial charge is 0.427 e. The Morgan fingerprint density at radius 3 is 2.95 bits per heavy atom. The van der Waals surface area contributed by atoms with Crippen LogP contribution in [0.5, 0.6) is 0 Å². The molecule has 2 aromatic rings. The molecule has 1 aromatic heterocycles. The molecule has 0 bridgehead atoms. The van der Waals surface area contributed by atoms with E-state index in [1.54, 1.807) is 0 Å². The number of allylic oxidation sites excluding steroid dienone is 2. The van der Waals surface area contributed by atoms with Gasteiger partial charge in [-0.3, -0.25) is 0 Å². The van der Waals surface area contributed by atoms with Crippen LogP contribution in [0.25, 0.3) is 10.8 Å². The molecule has 1 aromatic carbocycles. The summed E-state index contributed by atoms with van der Waals surface area (Å²) in [6.45, 7) is 2.16. The smallest absolute Gasteiger partial charge is 0.343 e. The standard InChI is InChI=1S/C17H17BrO2/c1-11(18)12-6-4-7-14(9-12)16-10-13-5-2-3-8-15(13)17(19)20-16/h2-6,8,10-12,14H,7,9H2,1H3. The third kappa shape index (κ3) is 2.59. The molecule has 3 atom stereocenters. The zero-order valence-corrected chi connectivity index (χ0v) is 13.0. The van der Waals surface area contributed by atoms with E-state index in [0.29, 0.717) is 22.0 Å². The number of fused-ring (bicyclic) bond motifs is 1. The van der Waals surface area contributed by atoms with Crippen LogP contribution >= 0.6 is 15.9 Å². The van der Waals surface area contributed by atoms with E-state index < -0.39 is 0 Å². The van der Waals surface area contributed by atoms with Gasteiger partial charge in [0, 0.05) is 10.7 Å². The second kappa shape index (κ2) is 5.57. The van der Waals surface area contributed by atoms with Crippen LogP contribution in [-0.4, -0.2) is 4.83 Å². The van der Waals surface area contributed by atoms with Crippen molar-refractivity contribution in [3.05, 3.63) is 58.7 Å². The fourth-order valence-electron chi connectivity index (χ4n) is 2.85. The molecule has 0 radical (unpaired) electrons. The third-order valence-corrected chi connectivity index (χ3v) is 4.72. The summed E-state index contributed by atoms with van der Waals surface area (Å²) in [5.41, 5.74) is -0.226. The van der Waals surface area contributed by atoms with Crippen molar-refractivity contribution in [3.63, 3.8) is 0 Å². The van der Waals surface area contributed by atoms with Crippen molar-refractivity contribution in [2.45, 2.75) is 30.5 Å². The Hall–Kier alpha value is -1.35. The van der Waals surface area contributed by atoms with Crippen molar-refractivity contribution in [2.24, 2.45) is 5.92 Å². The van der Waals surface area contributed by atoms with Crippen LogP contribution < -0.4 is 5.63 Å². The zero-order chi connectivity index (χ0) is 14.1. The molecule has 0 aliphatic heterocycles. The van der Waals surface area contributed by atoms with Gasteiger partial charge in [-0.2, -0.15) is 0 Å². The van der Waals surface area contributed by atoms with Gasteiger partial charge in [0.2, 0.25) is 0 Å². The lowest BCUT2D eigenvalue weighted by Gasteiger charge is -2.25. The fraction of sp³-hybridized carbons (Fsp3) is 0.353. The summed E-state index contributed by atoms with van der Waals surface area (Å²) in [6, 6.07) is 9.63. The number of hydrogen-bond donors (Lipinski definition) is 0. The van der Waals surface area contributed by atoms with Crippen LogP contribution in [0.4, 0.5) is 0 Å². The summed E-state index contributed by atoms with van der Waals surface area (Å²) in [5, 5.41) is 1.63. The number of benzene rings is 1. The molecule has 0 saturated carbocycles. The number of halogens is 1. The van der Waals surface area contributed by atoms with Crippen LogP contribution in [0, 0.1) is 5.92 Å². The van der Waals surface area contributed by atoms with Crippen molar-refractivity contribution in [2.75, 3.05) is 0 Å². The average Bonchev–Trinajstić information content (AvgIpc) is 2.47. The summed E-state index contributed by atoms with van der Waals surface area (Å²) in [6.07, 6.45) is 6.42. The van der Waals surface area contributed by atoms with Crippen LogP contribution in [0.15, 0.2) is 51.7 Å². The molecule has 3 rings (SSSR count). The molecule has 0 N–H and O–H groups in total. The molecule has 20 heavy (non-hydrogen) atoms. The zero-order valence-electron chi connectivity index (χ0n) is 11.4. The van der Waals surface area contributed by atoms with Crippen LogP contribution in [0.3, 0.4) is 0 Å². The van der Waals surface area contributed by atoms with Gasteiger partial charge in [-0.25, -0.2) is 4.79 Å². The SMILES string of the molecule is CC(Br)C1C=CCC(c2cc3ccccc3c(=O)o2)C1. The Bertz CT molecular complexity index is 699. The maximum Gasteiger partial charge on any atom is 0.343 e. The third-order valence-electron chi connectivity index (χ3n) is 4.04. The van der Waals surface area contributed by atoms with Crippen molar-refractivity contribution in [3.8, 4) is 0 Å². The van der Waals surface area contributed by atoms with Gasteiger partial charge in [-0.05, 0) is 36.3 Å². The van der Waals surface area contributed by atoms with E-state index in [1.807, 2.05) is 30.3 Å². The first-order valence-corrected chi connectivity index (χ1v) is 7.90. The van der Waals surface area contributed by atoms with Crippen molar-refractivity contribution < 1.29 is 4.42 Å². The summed E-state index contributed by atoms with van der Waals surface area (Å²) < 4.78 is 5.55. The van der Waals surface area contributed by atoms with Crippen molar-refractivity contribution in [1.29, 1.82) is 0 Å². The fourth-order valence-corrected chi connectivity index (χ4v) is 3.24. The molecule has 0 fully saturated rings. The Kier molecular flexibility index (Phi) is 3.79. The molecule has 1 heterocycles. The van der Waals surface area contributed by atoms with Crippen LogP contribution in [0.1, 0.15) is 31.4 Å². The van der Waals surface area contributed by atoms with E-state index in [9.17, 15) is 4.79 Å². The lowest BCUT2D eigenvalue weighted by Crippen LogP contribution is -2.17.